The molecule has 74 valence electrons. The van der Waals surface area contributed by atoms with Crippen LogP contribution in [0.4, 0.5) is 0 Å². The van der Waals surface area contributed by atoms with Gasteiger partial charge in [0.05, 0.1) is 7.11 Å². The van der Waals surface area contributed by atoms with Crippen molar-refractivity contribution in [1.29, 1.82) is 0 Å². The minimum Gasteiger partial charge on any atom is -0.497 e. The fraction of sp³-hybridized carbons (Fsp3) is 0.364. The molecule has 1 atom stereocenters. The second-order valence-electron chi connectivity index (χ2n) is 3.30. The van der Waals surface area contributed by atoms with E-state index in [0.717, 1.165) is 36.2 Å². The van der Waals surface area contributed by atoms with Gasteiger partial charge in [-0.2, -0.15) is 0 Å². The highest BCUT2D eigenvalue weighted by atomic mass is 16.5. The Balaban J connectivity index is 2.29. The third kappa shape index (κ3) is 1.58. The van der Waals surface area contributed by atoms with E-state index in [1.54, 1.807) is 7.11 Å². The molecule has 1 aromatic rings. The Bertz CT molecular complexity index is 346. The molecule has 3 nitrogen and oxygen atoms in total. The lowest BCUT2D eigenvalue weighted by molar-refractivity contribution is -0.114. The molecule has 14 heavy (non-hydrogen) atoms. The van der Waals surface area contributed by atoms with Crippen molar-refractivity contribution in [3.8, 4) is 11.5 Å². The van der Waals surface area contributed by atoms with Crippen molar-refractivity contribution in [2.45, 2.75) is 18.9 Å². The summed E-state index contributed by atoms with van der Waals surface area (Å²) in [5, 5.41) is 0. The second kappa shape index (κ2) is 3.70. The van der Waals surface area contributed by atoms with E-state index in [1.807, 2.05) is 18.2 Å². The summed E-state index contributed by atoms with van der Waals surface area (Å²) in [6.45, 7) is 0. The minimum absolute atomic E-state index is 0.297. The van der Waals surface area contributed by atoms with E-state index in [-0.39, 0.29) is 6.10 Å². The highest BCUT2D eigenvalue weighted by Crippen LogP contribution is 2.30. The number of rotatable bonds is 2. The van der Waals surface area contributed by atoms with Crippen LogP contribution in [0.2, 0.25) is 0 Å². The van der Waals surface area contributed by atoms with Crippen LogP contribution in [0, 0.1) is 0 Å². The van der Waals surface area contributed by atoms with Crippen molar-refractivity contribution in [3.05, 3.63) is 23.8 Å². The Morgan fingerprint density at radius 1 is 1.57 bits per heavy atom. The second-order valence-corrected chi connectivity index (χ2v) is 3.30. The summed E-state index contributed by atoms with van der Waals surface area (Å²) < 4.78 is 10.6. The molecule has 0 radical (unpaired) electrons. The van der Waals surface area contributed by atoms with E-state index in [1.165, 1.54) is 0 Å². The van der Waals surface area contributed by atoms with Crippen LogP contribution in [0.25, 0.3) is 0 Å². The topological polar surface area (TPSA) is 35.5 Å². The molecular formula is C11H12O3. The maximum absolute atomic E-state index is 10.6. The molecule has 0 saturated heterocycles. The van der Waals surface area contributed by atoms with Gasteiger partial charge in [-0.05, 0) is 24.5 Å². The van der Waals surface area contributed by atoms with E-state index >= 15 is 0 Å². The molecule has 1 heterocycles. The number of carbonyl (C=O) groups excluding carboxylic acids is 1. The van der Waals surface area contributed by atoms with Gasteiger partial charge in [0.25, 0.3) is 0 Å². The van der Waals surface area contributed by atoms with Crippen molar-refractivity contribution in [3.63, 3.8) is 0 Å². The van der Waals surface area contributed by atoms with Crippen molar-refractivity contribution < 1.29 is 14.3 Å². The number of aldehydes is 1. The Labute approximate surface area is 82.6 Å². The highest BCUT2D eigenvalue weighted by molar-refractivity contribution is 5.58. The predicted molar refractivity (Wildman–Crippen MR) is 51.8 cm³/mol. The fourth-order valence-corrected chi connectivity index (χ4v) is 1.59. The quantitative estimate of drug-likeness (QED) is 0.667. The van der Waals surface area contributed by atoms with Crippen molar-refractivity contribution in [2.24, 2.45) is 0 Å². The smallest absolute Gasteiger partial charge is 0.160 e. The predicted octanol–water partition coefficient (Wildman–Crippen LogP) is 1.59. The normalized spacial score (nSPS) is 19.4. The van der Waals surface area contributed by atoms with Crippen LogP contribution in [0.1, 0.15) is 12.0 Å². The first kappa shape index (κ1) is 9.06. The summed E-state index contributed by atoms with van der Waals surface area (Å²) >= 11 is 0. The molecule has 3 heteroatoms. The zero-order chi connectivity index (χ0) is 9.97. The van der Waals surface area contributed by atoms with E-state index < -0.39 is 0 Å². The molecule has 1 unspecified atom stereocenters. The van der Waals surface area contributed by atoms with Crippen LogP contribution in [-0.2, 0) is 11.2 Å². The van der Waals surface area contributed by atoms with Gasteiger partial charge in [0.1, 0.15) is 11.5 Å². The van der Waals surface area contributed by atoms with Gasteiger partial charge in [-0.25, -0.2) is 0 Å². The largest absolute Gasteiger partial charge is 0.497 e. The Kier molecular flexibility index (Phi) is 2.39. The average molecular weight is 192 g/mol. The van der Waals surface area contributed by atoms with Gasteiger partial charge >= 0.3 is 0 Å². The molecular weight excluding hydrogens is 180 g/mol. The summed E-state index contributed by atoms with van der Waals surface area (Å²) in [4.78, 5) is 10.6. The number of aryl methyl sites for hydroxylation is 1. The Morgan fingerprint density at radius 2 is 2.43 bits per heavy atom. The maximum Gasteiger partial charge on any atom is 0.160 e. The highest BCUT2D eigenvalue weighted by Gasteiger charge is 2.19. The van der Waals surface area contributed by atoms with Crippen molar-refractivity contribution in [1.82, 2.24) is 0 Å². The summed E-state index contributed by atoms with van der Waals surface area (Å²) in [6.07, 6.45) is 2.21. The molecule has 0 N–H and O–H groups in total. The molecule has 0 spiro atoms. The SMILES string of the molecule is COc1ccc2c(c1)OC(C=O)CC2. The third-order valence-electron chi connectivity index (χ3n) is 2.40. The number of hydrogen-bond donors (Lipinski definition) is 0. The maximum atomic E-state index is 10.6. The minimum atomic E-state index is -0.297. The van der Waals surface area contributed by atoms with Crippen LogP contribution < -0.4 is 9.47 Å². The standard InChI is InChI=1S/C11H12O3/c1-13-9-4-2-8-3-5-10(7-12)14-11(8)6-9/h2,4,6-7,10H,3,5H2,1H3. The summed E-state index contributed by atoms with van der Waals surface area (Å²) in [6, 6.07) is 5.71. The lowest BCUT2D eigenvalue weighted by Crippen LogP contribution is -2.23. The first-order chi connectivity index (χ1) is 6.83. The molecule has 0 aromatic heterocycles. The summed E-state index contributed by atoms with van der Waals surface area (Å²) in [7, 11) is 1.61. The van der Waals surface area contributed by atoms with E-state index in [9.17, 15) is 4.79 Å². The van der Waals surface area contributed by atoms with Crippen LogP contribution in [0.5, 0.6) is 11.5 Å². The average Bonchev–Trinajstić information content (AvgIpc) is 2.27. The molecule has 0 bridgehead atoms. The molecule has 0 amide bonds. The molecule has 0 aliphatic carbocycles. The van der Waals surface area contributed by atoms with Crippen LogP contribution >= 0.6 is 0 Å². The lowest BCUT2D eigenvalue weighted by atomic mass is 10.0. The van der Waals surface area contributed by atoms with Gasteiger partial charge in [-0.1, -0.05) is 6.07 Å². The fourth-order valence-electron chi connectivity index (χ4n) is 1.59. The first-order valence-corrected chi connectivity index (χ1v) is 4.62. The van der Waals surface area contributed by atoms with Gasteiger partial charge in [0, 0.05) is 6.07 Å². The number of benzene rings is 1. The van der Waals surface area contributed by atoms with E-state index in [4.69, 9.17) is 9.47 Å². The van der Waals surface area contributed by atoms with Crippen LogP contribution in [0.15, 0.2) is 18.2 Å². The first-order valence-electron chi connectivity index (χ1n) is 4.62. The van der Waals surface area contributed by atoms with Crippen molar-refractivity contribution >= 4 is 6.29 Å². The van der Waals surface area contributed by atoms with Gasteiger partial charge in [-0.3, -0.25) is 4.79 Å². The number of hydrogen-bond acceptors (Lipinski definition) is 3. The number of carbonyl (C=O) groups is 1. The Hall–Kier alpha value is -1.51. The number of fused-ring (bicyclic) bond motifs is 1. The van der Waals surface area contributed by atoms with Crippen LogP contribution in [-0.4, -0.2) is 19.5 Å². The van der Waals surface area contributed by atoms with Crippen molar-refractivity contribution in [2.75, 3.05) is 7.11 Å². The van der Waals surface area contributed by atoms with Gasteiger partial charge in [0.15, 0.2) is 12.4 Å². The zero-order valence-electron chi connectivity index (χ0n) is 8.03. The molecule has 0 saturated carbocycles. The summed E-state index contributed by atoms with van der Waals surface area (Å²) in [5.74, 6) is 1.53. The number of ether oxygens (including phenoxy) is 2. The van der Waals surface area contributed by atoms with Gasteiger partial charge < -0.3 is 9.47 Å². The third-order valence-corrected chi connectivity index (χ3v) is 2.40. The van der Waals surface area contributed by atoms with E-state index in [2.05, 4.69) is 0 Å². The van der Waals surface area contributed by atoms with Crippen LogP contribution in [0.3, 0.4) is 0 Å². The molecule has 1 aliphatic rings. The molecule has 1 aromatic carbocycles. The number of methoxy groups -OCH3 is 1. The van der Waals surface area contributed by atoms with Gasteiger partial charge in [0.2, 0.25) is 0 Å². The zero-order valence-corrected chi connectivity index (χ0v) is 8.03. The molecule has 1 aliphatic heterocycles. The summed E-state index contributed by atoms with van der Waals surface area (Å²) in [5.41, 5.74) is 1.14. The van der Waals surface area contributed by atoms with E-state index in [0.29, 0.717) is 0 Å². The monoisotopic (exact) mass is 192 g/mol. The molecule has 0 fully saturated rings. The van der Waals surface area contributed by atoms with Gasteiger partial charge in [-0.15, -0.1) is 0 Å². The Morgan fingerprint density at radius 3 is 3.14 bits per heavy atom. The lowest BCUT2D eigenvalue weighted by Gasteiger charge is -2.22. The molecule has 2 rings (SSSR count).